The van der Waals surface area contributed by atoms with E-state index in [0.717, 1.165) is 145 Å². The third-order valence-corrected chi connectivity index (χ3v) is 18.7. The molecule has 0 N–H and O–H groups in total. The molecule has 0 bridgehead atoms. The van der Waals surface area contributed by atoms with E-state index in [4.69, 9.17) is 48.4 Å². The van der Waals surface area contributed by atoms with Gasteiger partial charge in [0.25, 0.3) is 0 Å². The van der Waals surface area contributed by atoms with Crippen LogP contribution in [0, 0.1) is 23.7 Å². The topological polar surface area (TPSA) is 175 Å². The zero-order valence-electron chi connectivity index (χ0n) is 45.8. The van der Waals surface area contributed by atoms with Gasteiger partial charge in [-0.25, -0.2) is 29.5 Å². The molecule has 6 heterocycles. The van der Waals surface area contributed by atoms with E-state index in [2.05, 4.69) is 13.2 Å². The van der Waals surface area contributed by atoms with Crippen molar-refractivity contribution in [1.82, 2.24) is 19.9 Å². The fraction of sp³-hybridized carbons (Fsp3) is 0.375. The SMILES string of the molecule is C=CC(=O)OCCCCCCOc1ccc(OC(=O)C2CCC(C3CCC(C(=O)Oc4ccc(OCCCCCCOC(=O)C=C)c5nc(-c6cccs6)c(-c6cccs6)nc45)CC3)CC2)c2nc(-c3cccs3)c(-c3cccs3)nc12. The molecule has 426 valence electrons. The first-order valence-electron chi connectivity index (χ1n) is 28.4. The van der Waals surface area contributed by atoms with Crippen LogP contribution in [0.4, 0.5) is 0 Å². The van der Waals surface area contributed by atoms with E-state index in [1.165, 1.54) is 12.2 Å². The van der Waals surface area contributed by atoms with E-state index in [0.29, 0.717) is 83.3 Å². The van der Waals surface area contributed by atoms with Crippen LogP contribution < -0.4 is 18.9 Å². The minimum Gasteiger partial charge on any atom is -0.491 e. The molecule has 2 aliphatic carbocycles. The molecular formula is C64H66N4O10S4. The summed E-state index contributed by atoms with van der Waals surface area (Å²) >= 11 is 6.34. The summed E-state index contributed by atoms with van der Waals surface area (Å²) in [7, 11) is 0. The average molecular weight is 1180 g/mol. The van der Waals surface area contributed by atoms with Crippen molar-refractivity contribution in [2.45, 2.75) is 103 Å². The van der Waals surface area contributed by atoms with Crippen LogP contribution in [0.5, 0.6) is 23.0 Å². The van der Waals surface area contributed by atoms with E-state index in [9.17, 15) is 19.2 Å². The monoisotopic (exact) mass is 1180 g/mol. The molecule has 10 rings (SSSR count). The number of benzene rings is 2. The van der Waals surface area contributed by atoms with Crippen LogP contribution in [0.15, 0.2) is 120 Å². The van der Waals surface area contributed by atoms with E-state index in [1.54, 1.807) is 57.5 Å². The van der Waals surface area contributed by atoms with Gasteiger partial charge in [0.1, 0.15) is 56.3 Å². The molecule has 0 amide bonds. The van der Waals surface area contributed by atoms with Crippen molar-refractivity contribution < 1.29 is 47.6 Å². The fourth-order valence-electron chi connectivity index (χ4n) is 10.9. The van der Waals surface area contributed by atoms with Gasteiger partial charge in [0, 0.05) is 12.2 Å². The fourth-order valence-corrected chi connectivity index (χ4v) is 13.8. The molecule has 2 fully saturated rings. The van der Waals surface area contributed by atoms with Gasteiger partial charge in [0.05, 0.1) is 57.8 Å². The van der Waals surface area contributed by atoms with Gasteiger partial charge in [-0.05, 0) is 185 Å². The van der Waals surface area contributed by atoms with Crippen molar-refractivity contribution >= 4 is 91.3 Å². The number of thiophene rings is 4. The van der Waals surface area contributed by atoms with E-state index < -0.39 is 11.9 Å². The van der Waals surface area contributed by atoms with Crippen LogP contribution in [0.1, 0.15) is 103 Å². The average Bonchev–Trinajstić information content (AvgIpc) is 4.44. The van der Waals surface area contributed by atoms with Crippen LogP contribution in [0.25, 0.3) is 64.4 Å². The molecule has 0 saturated heterocycles. The summed E-state index contributed by atoms with van der Waals surface area (Å²) in [5.74, 6) is 0.886. The number of fused-ring (bicyclic) bond motifs is 2. The highest BCUT2D eigenvalue weighted by atomic mass is 32.1. The summed E-state index contributed by atoms with van der Waals surface area (Å²) in [5, 5.41) is 8.07. The lowest BCUT2D eigenvalue weighted by atomic mass is 9.69. The van der Waals surface area contributed by atoms with E-state index >= 15 is 0 Å². The predicted molar refractivity (Wildman–Crippen MR) is 325 cm³/mol. The Labute approximate surface area is 493 Å². The molecular weight excluding hydrogens is 1110 g/mol. The first-order valence-corrected chi connectivity index (χ1v) is 31.9. The molecule has 8 aromatic rings. The Morgan fingerprint density at radius 1 is 0.415 bits per heavy atom. The quantitative estimate of drug-likeness (QED) is 0.0206. The number of hydrogen-bond donors (Lipinski definition) is 0. The van der Waals surface area contributed by atoms with E-state index in [-0.39, 0.29) is 23.8 Å². The normalized spacial score (nSPS) is 17.0. The van der Waals surface area contributed by atoms with Crippen LogP contribution in [-0.2, 0) is 28.7 Å². The zero-order chi connectivity index (χ0) is 56.6. The number of carbonyl (C=O) groups excluding carboxylic acids is 4. The summed E-state index contributed by atoms with van der Waals surface area (Å²) in [5.41, 5.74) is 4.94. The first-order chi connectivity index (χ1) is 40.2. The standard InChI is InChI=1S/C64H66N4O10S4/c1-3-53(69)75-35-11-7-5-9-33-73-45-29-31-47(57-55(45)65-59(49-17-13-37-79-49)61(67-57)51-19-15-39-81-51)77-63(71)43-25-21-41(22-26-43)42-23-27-44(28-24-42)64(72)78-48-32-30-46(74-34-10-6-8-12-36-76-54(70)4-2)56-58(48)68-62(52-20-16-40-82-52)60(66-56)50-18-14-38-80-50/h3-4,13-20,29-32,37-44H,1-2,5-12,21-28,33-36H2. The number of nitrogens with zero attached hydrogens (tertiary/aromatic N) is 4. The third-order valence-electron chi connectivity index (χ3n) is 15.2. The van der Waals surface area contributed by atoms with Crippen molar-refractivity contribution in [2.75, 3.05) is 26.4 Å². The second-order valence-electron chi connectivity index (χ2n) is 20.6. The Hall–Kier alpha value is -7.12. The van der Waals surface area contributed by atoms with Crippen LogP contribution in [0.2, 0.25) is 0 Å². The predicted octanol–water partition coefficient (Wildman–Crippen LogP) is 15.9. The molecule has 0 aliphatic heterocycles. The Balaban J connectivity index is 0.766. The highest BCUT2D eigenvalue weighted by Gasteiger charge is 2.36. The number of unbranched alkanes of at least 4 members (excludes halogenated alkanes) is 6. The van der Waals surface area contributed by atoms with Crippen molar-refractivity contribution in [3.05, 3.63) is 120 Å². The molecule has 2 aliphatic rings. The molecule has 2 saturated carbocycles. The Morgan fingerprint density at radius 2 is 0.720 bits per heavy atom. The summed E-state index contributed by atoms with van der Waals surface area (Å²) in [6.07, 6.45) is 15.5. The summed E-state index contributed by atoms with van der Waals surface area (Å²) < 4.78 is 35.6. The Morgan fingerprint density at radius 3 is 1.02 bits per heavy atom. The van der Waals surface area contributed by atoms with Gasteiger partial charge in [-0.2, -0.15) is 0 Å². The molecule has 2 aromatic carbocycles. The lowest BCUT2D eigenvalue weighted by Gasteiger charge is -2.36. The first kappa shape index (κ1) is 58.1. The maximum absolute atomic E-state index is 14.2. The lowest BCUT2D eigenvalue weighted by molar-refractivity contribution is -0.142. The third kappa shape index (κ3) is 14.5. The minimum atomic E-state index is -0.412. The number of ether oxygens (including phenoxy) is 6. The maximum Gasteiger partial charge on any atom is 0.330 e. The molecule has 18 heteroatoms. The molecule has 0 atom stereocenters. The molecule has 6 aromatic heterocycles. The van der Waals surface area contributed by atoms with Gasteiger partial charge >= 0.3 is 23.9 Å². The Bertz CT molecular complexity index is 3210. The number of hydrogen-bond acceptors (Lipinski definition) is 18. The number of carbonyl (C=O) groups is 4. The number of esters is 4. The smallest absolute Gasteiger partial charge is 0.330 e. The maximum atomic E-state index is 14.2. The Kier molecular flexibility index (Phi) is 20.3. The van der Waals surface area contributed by atoms with Crippen LogP contribution in [-0.4, -0.2) is 70.2 Å². The molecule has 14 nitrogen and oxygen atoms in total. The minimum absolute atomic E-state index is 0.257. The summed E-state index contributed by atoms with van der Waals surface area (Å²) in [6, 6.07) is 23.3. The van der Waals surface area contributed by atoms with Crippen molar-refractivity contribution in [1.29, 1.82) is 0 Å². The van der Waals surface area contributed by atoms with E-state index in [1.807, 2.05) is 82.2 Å². The van der Waals surface area contributed by atoms with Gasteiger partial charge < -0.3 is 28.4 Å². The van der Waals surface area contributed by atoms with Crippen LogP contribution in [0.3, 0.4) is 0 Å². The second-order valence-corrected chi connectivity index (χ2v) is 24.4. The highest BCUT2D eigenvalue weighted by Crippen LogP contribution is 2.45. The lowest BCUT2D eigenvalue weighted by Crippen LogP contribution is -2.32. The van der Waals surface area contributed by atoms with Crippen molar-refractivity contribution in [2.24, 2.45) is 23.7 Å². The van der Waals surface area contributed by atoms with Gasteiger partial charge in [0.15, 0.2) is 11.5 Å². The summed E-state index contributed by atoms with van der Waals surface area (Å²) in [4.78, 5) is 75.8. The zero-order valence-corrected chi connectivity index (χ0v) is 49.0. The van der Waals surface area contributed by atoms with Crippen molar-refractivity contribution in [3.8, 4) is 65.3 Å². The van der Waals surface area contributed by atoms with Crippen LogP contribution >= 0.6 is 45.3 Å². The molecule has 0 unspecified atom stereocenters. The molecule has 0 radical (unpaired) electrons. The van der Waals surface area contributed by atoms with Crippen molar-refractivity contribution in [3.63, 3.8) is 0 Å². The number of rotatable bonds is 27. The molecule has 0 spiro atoms. The number of aromatic nitrogens is 4. The van der Waals surface area contributed by atoms with Gasteiger partial charge in [0.2, 0.25) is 0 Å². The van der Waals surface area contributed by atoms with Gasteiger partial charge in [-0.1, -0.05) is 37.4 Å². The largest absolute Gasteiger partial charge is 0.491 e. The molecule has 82 heavy (non-hydrogen) atoms. The summed E-state index contributed by atoms with van der Waals surface area (Å²) in [6.45, 7) is 8.51. The highest BCUT2D eigenvalue weighted by molar-refractivity contribution is 7.15. The second kappa shape index (κ2) is 28.7. The van der Waals surface area contributed by atoms with Gasteiger partial charge in [-0.3, -0.25) is 9.59 Å². The van der Waals surface area contributed by atoms with Gasteiger partial charge in [-0.15, -0.1) is 45.3 Å².